The van der Waals surface area contributed by atoms with Crippen LogP contribution in [0.1, 0.15) is 16.7 Å². The van der Waals surface area contributed by atoms with Gasteiger partial charge in [0.2, 0.25) is 11.7 Å². The fraction of sp³-hybridized carbons (Fsp3) is 0.263. The zero-order chi connectivity index (χ0) is 17.2. The number of hydrogen-bond acceptors (Lipinski definition) is 4. The lowest BCUT2D eigenvalue weighted by atomic mass is 10.00. The molecule has 4 rings (SSSR count). The SMILES string of the molecule is Cc1ccc(-c2nnn(CC(=O)N3CCc4ccccc4C3)n2)cc1. The summed E-state index contributed by atoms with van der Waals surface area (Å²) in [4.78, 5) is 15.8. The Bertz CT molecular complexity index is 900. The third-order valence-corrected chi connectivity index (χ3v) is 4.52. The van der Waals surface area contributed by atoms with Crippen LogP contribution in [0.2, 0.25) is 0 Å². The topological polar surface area (TPSA) is 63.9 Å². The Morgan fingerprint density at radius 1 is 1.08 bits per heavy atom. The van der Waals surface area contributed by atoms with Gasteiger partial charge in [0.15, 0.2) is 0 Å². The minimum Gasteiger partial charge on any atom is -0.336 e. The highest BCUT2D eigenvalue weighted by Crippen LogP contribution is 2.19. The van der Waals surface area contributed by atoms with Crippen LogP contribution in [0.3, 0.4) is 0 Å². The van der Waals surface area contributed by atoms with Crippen LogP contribution in [0.5, 0.6) is 0 Å². The Morgan fingerprint density at radius 3 is 2.64 bits per heavy atom. The minimum absolute atomic E-state index is 0.0161. The Morgan fingerprint density at radius 2 is 1.84 bits per heavy atom. The van der Waals surface area contributed by atoms with E-state index >= 15 is 0 Å². The molecule has 126 valence electrons. The second kappa shape index (κ2) is 6.47. The van der Waals surface area contributed by atoms with Gasteiger partial charge in [-0.05, 0) is 29.7 Å². The maximum Gasteiger partial charge on any atom is 0.246 e. The van der Waals surface area contributed by atoms with Gasteiger partial charge in [0.1, 0.15) is 6.54 Å². The first-order valence-electron chi connectivity index (χ1n) is 8.38. The van der Waals surface area contributed by atoms with Gasteiger partial charge < -0.3 is 4.90 Å². The van der Waals surface area contributed by atoms with E-state index in [-0.39, 0.29) is 12.5 Å². The summed E-state index contributed by atoms with van der Waals surface area (Å²) in [5.74, 6) is 0.555. The summed E-state index contributed by atoms with van der Waals surface area (Å²) in [5, 5.41) is 12.4. The molecule has 0 radical (unpaired) electrons. The van der Waals surface area contributed by atoms with E-state index in [1.807, 2.05) is 48.2 Å². The first-order valence-corrected chi connectivity index (χ1v) is 8.38. The molecule has 0 atom stereocenters. The Kier molecular flexibility index (Phi) is 4.01. The van der Waals surface area contributed by atoms with Crippen molar-refractivity contribution >= 4 is 5.91 Å². The maximum absolute atomic E-state index is 12.6. The number of nitrogens with zero attached hydrogens (tertiary/aromatic N) is 5. The summed E-state index contributed by atoms with van der Waals surface area (Å²) >= 11 is 0. The lowest BCUT2D eigenvalue weighted by Crippen LogP contribution is -2.38. The van der Waals surface area contributed by atoms with Crippen molar-refractivity contribution in [1.29, 1.82) is 0 Å². The fourth-order valence-electron chi connectivity index (χ4n) is 3.06. The van der Waals surface area contributed by atoms with E-state index in [9.17, 15) is 4.79 Å². The van der Waals surface area contributed by atoms with Crippen LogP contribution in [0.15, 0.2) is 48.5 Å². The van der Waals surface area contributed by atoms with Crippen LogP contribution in [0.4, 0.5) is 0 Å². The summed E-state index contributed by atoms with van der Waals surface area (Å²) in [5.41, 5.74) is 4.62. The number of rotatable bonds is 3. The maximum atomic E-state index is 12.6. The summed E-state index contributed by atoms with van der Waals surface area (Å²) in [6.07, 6.45) is 0.890. The number of hydrogen-bond donors (Lipinski definition) is 0. The zero-order valence-corrected chi connectivity index (χ0v) is 14.1. The molecule has 0 N–H and O–H groups in total. The van der Waals surface area contributed by atoms with Gasteiger partial charge in [0, 0.05) is 18.7 Å². The number of aromatic nitrogens is 4. The van der Waals surface area contributed by atoms with Crippen LogP contribution < -0.4 is 0 Å². The molecule has 0 spiro atoms. The van der Waals surface area contributed by atoms with E-state index in [1.54, 1.807) is 0 Å². The highest BCUT2D eigenvalue weighted by atomic mass is 16.2. The second-order valence-corrected chi connectivity index (χ2v) is 6.34. The van der Waals surface area contributed by atoms with E-state index in [0.29, 0.717) is 12.4 Å². The van der Waals surface area contributed by atoms with Crippen LogP contribution in [0, 0.1) is 6.92 Å². The molecule has 0 fully saturated rings. The van der Waals surface area contributed by atoms with Crippen LogP contribution in [0.25, 0.3) is 11.4 Å². The van der Waals surface area contributed by atoms with Crippen LogP contribution in [-0.4, -0.2) is 37.6 Å². The number of tetrazole rings is 1. The summed E-state index contributed by atoms with van der Waals surface area (Å²) in [6, 6.07) is 16.2. The zero-order valence-electron chi connectivity index (χ0n) is 14.1. The predicted molar refractivity (Wildman–Crippen MR) is 93.6 cm³/mol. The average molecular weight is 333 g/mol. The van der Waals surface area contributed by atoms with Crippen molar-refractivity contribution in [3.05, 3.63) is 65.2 Å². The molecule has 6 heteroatoms. The number of aryl methyl sites for hydroxylation is 1. The van der Waals surface area contributed by atoms with E-state index in [2.05, 4.69) is 27.5 Å². The standard InChI is InChI=1S/C19H19N5O/c1-14-6-8-16(9-7-14)19-20-22-24(21-19)13-18(25)23-11-10-15-4-2-3-5-17(15)12-23/h2-9H,10-13H2,1H3. The molecule has 25 heavy (non-hydrogen) atoms. The average Bonchev–Trinajstić information content (AvgIpc) is 3.10. The van der Waals surface area contributed by atoms with E-state index < -0.39 is 0 Å². The lowest BCUT2D eigenvalue weighted by Gasteiger charge is -2.28. The van der Waals surface area contributed by atoms with Crippen molar-refractivity contribution in [2.45, 2.75) is 26.4 Å². The predicted octanol–water partition coefficient (Wildman–Crippen LogP) is 2.23. The molecule has 2 heterocycles. The van der Waals surface area contributed by atoms with Gasteiger partial charge in [-0.15, -0.1) is 10.2 Å². The molecule has 3 aromatic rings. The van der Waals surface area contributed by atoms with Crippen molar-refractivity contribution in [2.24, 2.45) is 0 Å². The van der Waals surface area contributed by atoms with Crippen LogP contribution in [-0.2, 0) is 24.3 Å². The highest BCUT2D eigenvalue weighted by Gasteiger charge is 2.21. The molecular weight excluding hydrogens is 314 g/mol. The Hall–Kier alpha value is -3.02. The van der Waals surface area contributed by atoms with Gasteiger partial charge in [0.25, 0.3) is 0 Å². The molecule has 1 aromatic heterocycles. The summed E-state index contributed by atoms with van der Waals surface area (Å²) < 4.78 is 0. The molecule has 1 aliphatic rings. The molecule has 0 unspecified atom stereocenters. The van der Waals surface area contributed by atoms with Gasteiger partial charge in [-0.2, -0.15) is 4.80 Å². The van der Waals surface area contributed by atoms with Gasteiger partial charge in [0.05, 0.1) is 0 Å². The molecule has 0 bridgehead atoms. The molecule has 6 nitrogen and oxygen atoms in total. The van der Waals surface area contributed by atoms with Crippen molar-refractivity contribution in [2.75, 3.05) is 6.54 Å². The monoisotopic (exact) mass is 333 g/mol. The first kappa shape index (κ1) is 15.5. The molecule has 0 saturated heterocycles. The molecule has 1 amide bonds. The van der Waals surface area contributed by atoms with Gasteiger partial charge >= 0.3 is 0 Å². The Labute approximate surface area is 146 Å². The van der Waals surface area contributed by atoms with E-state index in [4.69, 9.17) is 0 Å². The first-order chi connectivity index (χ1) is 12.2. The quantitative estimate of drug-likeness (QED) is 0.737. The van der Waals surface area contributed by atoms with Gasteiger partial charge in [-0.3, -0.25) is 4.79 Å². The molecular formula is C19H19N5O. The largest absolute Gasteiger partial charge is 0.336 e. The minimum atomic E-state index is 0.0161. The van der Waals surface area contributed by atoms with Gasteiger partial charge in [-0.1, -0.05) is 54.1 Å². The van der Waals surface area contributed by atoms with Gasteiger partial charge in [-0.25, -0.2) is 0 Å². The lowest BCUT2D eigenvalue weighted by molar-refractivity contribution is -0.133. The third-order valence-electron chi connectivity index (χ3n) is 4.52. The molecule has 1 aliphatic heterocycles. The molecule has 0 saturated carbocycles. The summed E-state index contributed by atoms with van der Waals surface area (Å²) in [7, 11) is 0. The smallest absolute Gasteiger partial charge is 0.246 e. The van der Waals surface area contributed by atoms with E-state index in [0.717, 1.165) is 18.5 Å². The van der Waals surface area contributed by atoms with Crippen molar-refractivity contribution in [1.82, 2.24) is 25.1 Å². The van der Waals surface area contributed by atoms with Crippen LogP contribution >= 0.6 is 0 Å². The van der Waals surface area contributed by atoms with E-state index in [1.165, 1.54) is 21.5 Å². The second-order valence-electron chi connectivity index (χ2n) is 6.34. The highest BCUT2D eigenvalue weighted by molar-refractivity contribution is 5.76. The number of fused-ring (bicyclic) bond motifs is 1. The number of carbonyl (C=O) groups is 1. The number of benzene rings is 2. The molecule has 2 aromatic carbocycles. The third kappa shape index (κ3) is 3.28. The van der Waals surface area contributed by atoms with Crippen molar-refractivity contribution in [3.8, 4) is 11.4 Å². The number of carbonyl (C=O) groups excluding carboxylic acids is 1. The van der Waals surface area contributed by atoms with Crippen molar-refractivity contribution < 1.29 is 4.79 Å². The summed E-state index contributed by atoms with van der Waals surface area (Å²) in [6.45, 7) is 3.52. The normalized spacial score (nSPS) is 13.6. The number of amides is 1. The Balaban J connectivity index is 1.44. The fourth-order valence-corrected chi connectivity index (χ4v) is 3.06. The molecule has 0 aliphatic carbocycles. The van der Waals surface area contributed by atoms with Crippen molar-refractivity contribution in [3.63, 3.8) is 0 Å².